The minimum absolute atomic E-state index is 0.185. The van der Waals surface area contributed by atoms with Crippen molar-refractivity contribution in [3.63, 3.8) is 0 Å². The maximum atomic E-state index is 6.50. The van der Waals surface area contributed by atoms with E-state index in [-0.39, 0.29) is 6.17 Å². The van der Waals surface area contributed by atoms with Gasteiger partial charge in [0.05, 0.1) is 16.6 Å². The Kier molecular flexibility index (Phi) is 5.14. The van der Waals surface area contributed by atoms with Crippen molar-refractivity contribution in [3.05, 3.63) is 151 Å². The van der Waals surface area contributed by atoms with Crippen LogP contribution in [0.3, 0.4) is 0 Å². The Bertz CT molecular complexity index is 2380. The second-order valence-electron chi connectivity index (χ2n) is 11.3. The molecule has 9 rings (SSSR count). The number of rotatable bonds is 3. The molecule has 1 aliphatic rings. The molecule has 204 valence electrons. The average molecular weight is 554 g/mol. The van der Waals surface area contributed by atoms with E-state index >= 15 is 0 Å². The number of amidine groups is 1. The molecule has 0 spiro atoms. The summed E-state index contributed by atoms with van der Waals surface area (Å²) in [5.74, 6) is 1.54. The lowest BCUT2D eigenvalue weighted by Gasteiger charge is -2.36. The van der Waals surface area contributed by atoms with E-state index in [4.69, 9.17) is 9.41 Å². The molecule has 6 aromatic carbocycles. The molecular weight excluding hydrogens is 526 g/mol. The van der Waals surface area contributed by atoms with Gasteiger partial charge in [-0.15, -0.1) is 0 Å². The van der Waals surface area contributed by atoms with Crippen LogP contribution in [0.2, 0.25) is 0 Å². The van der Waals surface area contributed by atoms with Gasteiger partial charge < -0.3 is 13.9 Å². The van der Waals surface area contributed by atoms with E-state index in [1.165, 1.54) is 38.1 Å². The molecule has 1 atom stereocenters. The van der Waals surface area contributed by atoms with Crippen LogP contribution < -0.4 is 0 Å². The fourth-order valence-electron chi connectivity index (χ4n) is 6.86. The number of hydrogen-bond acceptors (Lipinski definition) is 3. The molecule has 1 unspecified atom stereocenters. The molecule has 3 heterocycles. The van der Waals surface area contributed by atoms with Crippen LogP contribution in [-0.4, -0.2) is 22.4 Å². The minimum Gasteiger partial charge on any atom is -0.438 e. The van der Waals surface area contributed by atoms with Gasteiger partial charge in [0.15, 0.2) is 0 Å². The highest BCUT2D eigenvalue weighted by atomic mass is 16.3. The first-order chi connectivity index (χ1) is 21.2. The maximum Gasteiger partial charge on any atom is 0.229 e. The number of fused-ring (bicyclic) bond motifs is 7. The Morgan fingerprint density at radius 2 is 1.23 bits per heavy atom. The molecule has 0 N–H and O–H groups in total. The number of aliphatic imine (C=N–C) groups is 1. The number of aromatic nitrogens is 1. The van der Waals surface area contributed by atoms with Crippen LogP contribution in [0.5, 0.6) is 0 Å². The second kappa shape index (κ2) is 9.20. The summed E-state index contributed by atoms with van der Waals surface area (Å²) in [5.41, 5.74) is 7.68. The first kappa shape index (κ1) is 24.0. The van der Waals surface area contributed by atoms with E-state index in [1.807, 2.05) is 12.1 Å². The summed E-state index contributed by atoms with van der Waals surface area (Å²) in [5, 5.41) is 6.03. The van der Waals surface area contributed by atoms with Gasteiger partial charge in [-0.25, -0.2) is 0 Å². The number of nitrogens with zero attached hydrogens (tertiary/aromatic N) is 3. The van der Waals surface area contributed by atoms with Crippen LogP contribution in [0, 0.1) is 0 Å². The molecule has 2 aromatic heterocycles. The molecule has 0 saturated carbocycles. The Morgan fingerprint density at radius 3 is 2.09 bits per heavy atom. The third kappa shape index (κ3) is 3.60. The van der Waals surface area contributed by atoms with Gasteiger partial charge in [0.1, 0.15) is 17.6 Å². The summed E-state index contributed by atoms with van der Waals surface area (Å²) >= 11 is 0. The van der Waals surface area contributed by atoms with Gasteiger partial charge >= 0.3 is 0 Å². The summed E-state index contributed by atoms with van der Waals surface area (Å²) < 4.78 is 8.98. The molecule has 0 bridgehead atoms. The highest BCUT2D eigenvalue weighted by Crippen LogP contribution is 2.46. The highest BCUT2D eigenvalue weighted by Gasteiger charge is 2.36. The fraction of sp³-hybridized carbons (Fsp3) is 0.0513. The summed E-state index contributed by atoms with van der Waals surface area (Å²) in [6.45, 7) is 0. The van der Waals surface area contributed by atoms with Crippen molar-refractivity contribution in [1.29, 1.82) is 0 Å². The quantitative estimate of drug-likeness (QED) is 0.218. The van der Waals surface area contributed by atoms with Crippen molar-refractivity contribution in [2.24, 2.45) is 4.99 Å². The van der Waals surface area contributed by atoms with Gasteiger partial charge in [-0.3, -0.25) is 0 Å². The molecule has 43 heavy (non-hydrogen) atoms. The third-order valence-electron chi connectivity index (χ3n) is 8.83. The van der Waals surface area contributed by atoms with E-state index in [0.717, 1.165) is 33.5 Å². The zero-order chi connectivity index (χ0) is 28.5. The van der Waals surface area contributed by atoms with Crippen molar-refractivity contribution >= 4 is 55.3 Å². The number of para-hydroxylation sites is 2. The standard InChI is InChI=1S/C39H27N3O/c1-41-37(29-17-11-16-26(22-29)25-12-3-2-4-13-25)40-38-36(31-19-8-10-21-35(31)43-38)39(41)42-33-20-9-7-18-30(33)32-23-27-14-5-6-15-28(27)24-34(32)42/h2-24,39H,1H3. The molecule has 1 aliphatic heterocycles. The molecule has 4 heteroatoms. The first-order valence-corrected chi connectivity index (χ1v) is 14.6. The summed E-state index contributed by atoms with van der Waals surface area (Å²) in [7, 11) is 2.16. The number of benzene rings is 6. The van der Waals surface area contributed by atoms with Crippen molar-refractivity contribution in [1.82, 2.24) is 9.47 Å². The lowest BCUT2D eigenvalue weighted by Crippen LogP contribution is -2.38. The third-order valence-corrected chi connectivity index (χ3v) is 8.83. The van der Waals surface area contributed by atoms with E-state index in [2.05, 4.69) is 144 Å². The molecular formula is C39H27N3O. The molecule has 4 nitrogen and oxygen atoms in total. The van der Waals surface area contributed by atoms with E-state index in [9.17, 15) is 0 Å². The predicted octanol–water partition coefficient (Wildman–Crippen LogP) is 9.93. The van der Waals surface area contributed by atoms with Gasteiger partial charge in [-0.05, 0) is 52.2 Å². The van der Waals surface area contributed by atoms with Crippen molar-refractivity contribution in [2.45, 2.75) is 6.17 Å². The van der Waals surface area contributed by atoms with Crippen LogP contribution in [0.4, 0.5) is 5.88 Å². The van der Waals surface area contributed by atoms with Gasteiger partial charge in [0.2, 0.25) is 5.88 Å². The zero-order valence-corrected chi connectivity index (χ0v) is 23.6. The van der Waals surface area contributed by atoms with Crippen molar-refractivity contribution in [3.8, 4) is 11.1 Å². The number of furan rings is 1. The van der Waals surface area contributed by atoms with Gasteiger partial charge in [-0.2, -0.15) is 4.99 Å². The minimum atomic E-state index is -0.185. The van der Waals surface area contributed by atoms with Crippen molar-refractivity contribution in [2.75, 3.05) is 7.05 Å². The highest BCUT2D eigenvalue weighted by molar-refractivity contribution is 6.13. The van der Waals surface area contributed by atoms with Crippen LogP contribution in [0.25, 0.3) is 54.7 Å². The Balaban J connectivity index is 1.34. The Labute approximate surface area is 248 Å². The largest absolute Gasteiger partial charge is 0.438 e. The van der Waals surface area contributed by atoms with E-state index < -0.39 is 0 Å². The lowest BCUT2D eigenvalue weighted by atomic mass is 10.0. The molecule has 0 radical (unpaired) electrons. The maximum absolute atomic E-state index is 6.50. The fourth-order valence-corrected chi connectivity index (χ4v) is 6.86. The van der Waals surface area contributed by atoms with Crippen LogP contribution in [0.15, 0.2) is 149 Å². The molecule has 0 aliphatic carbocycles. The summed E-state index contributed by atoms with van der Waals surface area (Å²) in [6.07, 6.45) is -0.185. The van der Waals surface area contributed by atoms with E-state index in [0.29, 0.717) is 5.88 Å². The topological polar surface area (TPSA) is 33.7 Å². The Hall–Kier alpha value is -5.61. The number of hydrogen-bond donors (Lipinski definition) is 0. The summed E-state index contributed by atoms with van der Waals surface area (Å²) in [6, 6.07) is 49.5. The van der Waals surface area contributed by atoms with Crippen LogP contribution in [0.1, 0.15) is 17.3 Å². The normalized spacial score (nSPS) is 15.0. The van der Waals surface area contributed by atoms with Crippen LogP contribution in [-0.2, 0) is 0 Å². The van der Waals surface area contributed by atoms with Crippen LogP contribution >= 0.6 is 0 Å². The molecule has 0 amide bonds. The van der Waals surface area contributed by atoms with Gasteiger partial charge in [0, 0.05) is 28.8 Å². The molecule has 8 aromatic rings. The Morgan fingerprint density at radius 1 is 0.558 bits per heavy atom. The first-order valence-electron chi connectivity index (χ1n) is 14.6. The van der Waals surface area contributed by atoms with E-state index in [1.54, 1.807) is 0 Å². The van der Waals surface area contributed by atoms with Gasteiger partial charge in [-0.1, -0.05) is 109 Å². The smallest absolute Gasteiger partial charge is 0.229 e. The average Bonchev–Trinajstić information content (AvgIpc) is 3.59. The molecule has 0 saturated heterocycles. The SMILES string of the molecule is CN1C(c2cccc(-c3ccccc3)c2)=Nc2oc3ccccc3c2C1n1c2ccccc2c2cc3ccccc3cc21. The predicted molar refractivity (Wildman–Crippen MR) is 177 cm³/mol. The monoisotopic (exact) mass is 553 g/mol. The molecule has 0 fully saturated rings. The van der Waals surface area contributed by atoms with Crippen molar-refractivity contribution < 1.29 is 4.42 Å². The summed E-state index contributed by atoms with van der Waals surface area (Å²) in [4.78, 5) is 7.52. The lowest BCUT2D eigenvalue weighted by molar-refractivity contribution is 0.334. The zero-order valence-electron chi connectivity index (χ0n) is 23.6. The second-order valence-corrected chi connectivity index (χ2v) is 11.3. The van der Waals surface area contributed by atoms with Gasteiger partial charge in [0.25, 0.3) is 0 Å².